The van der Waals surface area contributed by atoms with Crippen LogP contribution < -0.4 is 5.43 Å². The van der Waals surface area contributed by atoms with Crippen LogP contribution in [0.3, 0.4) is 0 Å². The lowest BCUT2D eigenvalue weighted by Gasteiger charge is -2.16. The number of rotatable bonds is 3. The largest absolute Gasteiger partial charge is 0.477 e. The van der Waals surface area contributed by atoms with Gasteiger partial charge in [-0.1, -0.05) is 0 Å². The van der Waals surface area contributed by atoms with Crippen LogP contribution in [0.4, 0.5) is 0 Å². The van der Waals surface area contributed by atoms with E-state index in [1.807, 2.05) is 6.92 Å². The van der Waals surface area contributed by atoms with Gasteiger partial charge in [0.15, 0.2) is 5.43 Å². The first-order valence-corrected chi connectivity index (χ1v) is 6.07. The molecular weight excluding hydrogens is 234 g/mol. The number of carboxylic acid groups (broad SMARTS) is 1. The van der Waals surface area contributed by atoms with Crippen LogP contribution >= 0.6 is 0 Å². The first-order valence-electron chi connectivity index (χ1n) is 6.07. The van der Waals surface area contributed by atoms with E-state index in [0.29, 0.717) is 6.54 Å². The summed E-state index contributed by atoms with van der Waals surface area (Å²) in [7, 11) is 0. The molecule has 0 saturated carbocycles. The number of nitrogens with zero attached hydrogens (tertiary/aromatic N) is 1. The minimum absolute atomic E-state index is 0.0999. The van der Waals surface area contributed by atoms with E-state index in [0.717, 1.165) is 18.5 Å². The van der Waals surface area contributed by atoms with Crippen molar-refractivity contribution in [1.82, 2.24) is 4.57 Å². The maximum absolute atomic E-state index is 11.5. The molecule has 1 aliphatic rings. The molecule has 1 fully saturated rings. The summed E-state index contributed by atoms with van der Waals surface area (Å²) in [5.41, 5.74) is 0.122. The highest BCUT2D eigenvalue weighted by Gasteiger charge is 2.22. The minimum Gasteiger partial charge on any atom is -0.477 e. The first-order chi connectivity index (χ1) is 8.47. The Morgan fingerprint density at radius 2 is 2.28 bits per heavy atom. The number of carbonyl (C=O) groups is 1. The summed E-state index contributed by atoms with van der Waals surface area (Å²) in [6.07, 6.45) is 3.76. The van der Waals surface area contributed by atoms with Gasteiger partial charge in [-0.05, 0) is 26.7 Å². The van der Waals surface area contributed by atoms with E-state index in [-0.39, 0.29) is 17.8 Å². The zero-order valence-electron chi connectivity index (χ0n) is 10.5. The van der Waals surface area contributed by atoms with Gasteiger partial charge >= 0.3 is 5.97 Å². The Morgan fingerprint density at radius 3 is 2.83 bits per heavy atom. The molecule has 98 valence electrons. The van der Waals surface area contributed by atoms with Gasteiger partial charge in [0.25, 0.3) is 0 Å². The number of aromatic nitrogens is 1. The van der Waals surface area contributed by atoms with Gasteiger partial charge < -0.3 is 14.4 Å². The maximum Gasteiger partial charge on any atom is 0.341 e. The van der Waals surface area contributed by atoms with Gasteiger partial charge in [0.1, 0.15) is 5.56 Å². The summed E-state index contributed by atoms with van der Waals surface area (Å²) in [6.45, 7) is 4.42. The van der Waals surface area contributed by atoms with Crippen LogP contribution in [0.5, 0.6) is 0 Å². The Kier molecular flexibility index (Phi) is 3.52. The second-order valence-corrected chi connectivity index (χ2v) is 4.80. The number of aryl methyl sites for hydroxylation is 1. The molecule has 0 amide bonds. The fourth-order valence-corrected chi connectivity index (χ4v) is 2.27. The number of aromatic carboxylic acids is 1. The molecule has 2 unspecified atom stereocenters. The molecule has 5 nitrogen and oxygen atoms in total. The lowest BCUT2D eigenvalue weighted by atomic mass is 10.2. The van der Waals surface area contributed by atoms with E-state index in [2.05, 4.69) is 0 Å². The Balaban J connectivity index is 2.25. The van der Waals surface area contributed by atoms with Gasteiger partial charge in [0.2, 0.25) is 0 Å². The molecule has 2 atom stereocenters. The van der Waals surface area contributed by atoms with Crippen LogP contribution in [0.15, 0.2) is 17.1 Å². The van der Waals surface area contributed by atoms with E-state index in [9.17, 15) is 9.59 Å². The quantitative estimate of drug-likeness (QED) is 0.882. The molecule has 1 N–H and O–H groups in total. The zero-order valence-corrected chi connectivity index (χ0v) is 10.5. The van der Waals surface area contributed by atoms with Gasteiger partial charge in [0.05, 0.1) is 12.2 Å². The van der Waals surface area contributed by atoms with Crippen molar-refractivity contribution in [3.8, 4) is 0 Å². The van der Waals surface area contributed by atoms with Gasteiger partial charge in [-0.15, -0.1) is 0 Å². The van der Waals surface area contributed by atoms with Crippen molar-refractivity contribution in [2.75, 3.05) is 0 Å². The Hall–Kier alpha value is -1.62. The van der Waals surface area contributed by atoms with E-state index >= 15 is 0 Å². The van der Waals surface area contributed by atoms with E-state index in [1.54, 1.807) is 11.5 Å². The fourth-order valence-electron chi connectivity index (χ4n) is 2.27. The molecule has 5 heteroatoms. The van der Waals surface area contributed by atoms with Crippen molar-refractivity contribution < 1.29 is 14.6 Å². The van der Waals surface area contributed by atoms with Crippen molar-refractivity contribution >= 4 is 5.97 Å². The van der Waals surface area contributed by atoms with Crippen LogP contribution in [0, 0.1) is 6.92 Å². The molecule has 18 heavy (non-hydrogen) atoms. The van der Waals surface area contributed by atoms with Crippen LogP contribution in [0.2, 0.25) is 0 Å². The molecule has 1 saturated heterocycles. The van der Waals surface area contributed by atoms with E-state index < -0.39 is 11.4 Å². The number of hydrogen-bond acceptors (Lipinski definition) is 3. The molecule has 0 aliphatic carbocycles. The average Bonchev–Trinajstić information content (AvgIpc) is 2.67. The van der Waals surface area contributed by atoms with E-state index in [1.165, 1.54) is 12.3 Å². The molecule has 2 heterocycles. The molecule has 1 aromatic heterocycles. The smallest absolute Gasteiger partial charge is 0.341 e. The minimum atomic E-state index is -1.19. The summed E-state index contributed by atoms with van der Waals surface area (Å²) in [5, 5.41) is 8.94. The predicted molar refractivity (Wildman–Crippen MR) is 66.0 cm³/mol. The molecule has 0 bridgehead atoms. The highest BCUT2D eigenvalue weighted by Crippen LogP contribution is 2.20. The number of pyridine rings is 1. The van der Waals surface area contributed by atoms with Crippen LogP contribution in [0.25, 0.3) is 0 Å². The van der Waals surface area contributed by atoms with Crippen LogP contribution in [0.1, 0.15) is 35.8 Å². The summed E-state index contributed by atoms with van der Waals surface area (Å²) < 4.78 is 7.49. The van der Waals surface area contributed by atoms with E-state index in [4.69, 9.17) is 9.84 Å². The fraction of sp³-hybridized carbons (Fsp3) is 0.538. The average molecular weight is 251 g/mol. The number of hydrogen-bond donors (Lipinski definition) is 1. The van der Waals surface area contributed by atoms with Gasteiger partial charge in [0, 0.05) is 24.5 Å². The van der Waals surface area contributed by atoms with Crippen molar-refractivity contribution in [2.24, 2.45) is 0 Å². The van der Waals surface area contributed by atoms with Crippen molar-refractivity contribution in [2.45, 2.75) is 45.4 Å². The lowest BCUT2D eigenvalue weighted by Crippen LogP contribution is -2.23. The molecule has 0 aromatic carbocycles. The van der Waals surface area contributed by atoms with Gasteiger partial charge in [-0.2, -0.15) is 0 Å². The van der Waals surface area contributed by atoms with Crippen LogP contribution in [-0.2, 0) is 11.3 Å². The summed E-state index contributed by atoms with van der Waals surface area (Å²) >= 11 is 0. The third-order valence-electron chi connectivity index (χ3n) is 3.29. The monoisotopic (exact) mass is 251 g/mol. The maximum atomic E-state index is 11.5. The Morgan fingerprint density at radius 1 is 1.56 bits per heavy atom. The molecule has 0 spiro atoms. The topological polar surface area (TPSA) is 68.5 Å². The van der Waals surface area contributed by atoms with Crippen molar-refractivity contribution in [3.63, 3.8) is 0 Å². The molecule has 0 radical (unpaired) electrons. The highest BCUT2D eigenvalue weighted by atomic mass is 16.5. The SMILES string of the molecule is Cc1cc(=O)c(C(=O)O)cn1CC1CCC(C)O1. The van der Waals surface area contributed by atoms with Gasteiger partial charge in [-0.3, -0.25) is 4.79 Å². The summed E-state index contributed by atoms with van der Waals surface area (Å²) in [4.78, 5) is 22.4. The standard InChI is InChI=1S/C13H17NO4/c1-8-5-12(15)11(13(16)17)7-14(8)6-10-4-3-9(2)18-10/h5,7,9-10H,3-4,6H2,1-2H3,(H,16,17). The highest BCUT2D eigenvalue weighted by molar-refractivity contribution is 5.87. The first kappa shape index (κ1) is 12.8. The summed E-state index contributed by atoms with van der Waals surface area (Å²) in [6, 6.07) is 1.36. The normalized spacial score (nSPS) is 23.2. The Labute approximate surface area is 105 Å². The molecule has 1 aromatic rings. The molecule has 2 rings (SSSR count). The van der Waals surface area contributed by atoms with Crippen molar-refractivity contribution in [3.05, 3.63) is 33.7 Å². The lowest BCUT2D eigenvalue weighted by molar-refractivity contribution is 0.0451. The third kappa shape index (κ3) is 2.61. The molecular formula is C13H17NO4. The Bertz CT molecular complexity index is 520. The second-order valence-electron chi connectivity index (χ2n) is 4.80. The number of ether oxygens (including phenoxy) is 1. The second kappa shape index (κ2) is 4.94. The predicted octanol–water partition coefficient (Wildman–Crippen LogP) is 1.42. The third-order valence-corrected chi connectivity index (χ3v) is 3.29. The van der Waals surface area contributed by atoms with Crippen LogP contribution in [-0.4, -0.2) is 27.9 Å². The summed E-state index contributed by atoms with van der Waals surface area (Å²) in [5.74, 6) is -1.19. The zero-order chi connectivity index (χ0) is 13.3. The van der Waals surface area contributed by atoms with Gasteiger partial charge in [-0.25, -0.2) is 4.79 Å². The number of carboxylic acids is 1. The van der Waals surface area contributed by atoms with Crippen molar-refractivity contribution in [1.29, 1.82) is 0 Å². The molecule has 1 aliphatic heterocycles.